The molecule has 0 spiro atoms. The molecular weight excluding hydrogens is 356 g/mol. The maximum absolute atomic E-state index is 12.8. The number of nitrogens with zero attached hydrogens (tertiary/aromatic N) is 6. The van der Waals surface area contributed by atoms with Crippen LogP contribution in [0.2, 0.25) is 0 Å². The van der Waals surface area contributed by atoms with E-state index in [1.165, 1.54) is 0 Å². The van der Waals surface area contributed by atoms with Crippen LogP contribution in [0.4, 0.5) is 0 Å². The Hall–Kier alpha value is -2.90. The van der Waals surface area contributed by atoms with E-state index in [-0.39, 0.29) is 5.91 Å². The number of likely N-dealkylation sites (tertiary alicyclic amines) is 1. The molecule has 0 aliphatic carbocycles. The van der Waals surface area contributed by atoms with Crippen molar-refractivity contribution in [1.82, 2.24) is 29.2 Å². The lowest BCUT2D eigenvalue weighted by Gasteiger charge is -2.31. The van der Waals surface area contributed by atoms with Gasteiger partial charge in [0.15, 0.2) is 5.82 Å². The van der Waals surface area contributed by atoms with Crippen molar-refractivity contribution in [3.8, 4) is 0 Å². The molecule has 1 saturated heterocycles. The minimum Gasteiger partial charge on any atom is -0.466 e. The van der Waals surface area contributed by atoms with Crippen LogP contribution in [-0.4, -0.2) is 48.2 Å². The molecule has 0 radical (unpaired) electrons. The van der Waals surface area contributed by atoms with Crippen molar-refractivity contribution in [2.75, 3.05) is 13.1 Å². The van der Waals surface area contributed by atoms with Crippen LogP contribution in [0.1, 0.15) is 59.2 Å². The topological polar surface area (TPSA) is 82.0 Å². The van der Waals surface area contributed by atoms with Crippen molar-refractivity contribution in [2.24, 2.45) is 0 Å². The van der Waals surface area contributed by atoms with Crippen molar-refractivity contribution in [3.05, 3.63) is 53.5 Å². The smallest absolute Gasteiger partial charge is 0.257 e. The van der Waals surface area contributed by atoms with Gasteiger partial charge in [-0.3, -0.25) is 4.79 Å². The Kier molecular flexibility index (Phi) is 5.02. The lowest BCUT2D eigenvalue weighted by Crippen LogP contribution is -2.38. The molecule has 4 heterocycles. The van der Waals surface area contributed by atoms with Gasteiger partial charge in [-0.05, 0) is 39.7 Å². The van der Waals surface area contributed by atoms with E-state index in [0.717, 1.165) is 49.9 Å². The maximum atomic E-state index is 12.8. The fraction of sp³-hybridized carbons (Fsp3) is 0.500. The quantitative estimate of drug-likeness (QED) is 0.678. The number of aryl methyl sites for hydroxylation is 2. The van der Waals surface area contributed by atoms with Crippen LogP contribution in [-0.2, 0) is 13.1 Å². The highest BCUT2D eigenvalue weighted by Crippen LogP contribution is 2.29. The third-order valence-corrected chi connectivity index (χ3v) is 5.47. The number of furan rings is 1. The second-order valence-electron chi connectivity index (χ2n) is 7.35. The predicted molar refractivity (Wildman–Crippen MR) is 103 cm³/mol. The zero-order chi connectivity index (χ0) is 19.7. The van der Waals surface area contributed by atoms with Crippen LogP contribution in [0.3, 0.4) is 0 Å². The van der Waals surface area contributed by atoms with Gasteiger partial charge in [-0.2, -0.15) is 0 Å². The second-order valence-corrected chi connectivity index (χ2v) is 7.35. The summed E-state index contributed by atoms with van der Waals surface area (Å²) in [5.41, 5.74) is 0.676. The molecule has 8 nitrogen and oxygen atoms in total. The Balaban J connectivity index is 1.44. The highest BCUT2D eigenvalue weighted by molar-refractivity contribution is 5.95. The highest BCUT2D eigenvalue weighted by atomic mass is 16.3. The van der Waals surface area contributed by atoms with Crippen molar-refractivity contribution in [1.29, 1.82) is 0 Å². The lowest BCUT2D eigenvalue weighted by molar-refractivity contribution is 0.0708. The van der Waals surface area contributed by atoms with Crippen LogP contribution in [0, 0.1) is 13.8 Å². The zero-order valence-corrected chi connectivity index (χ0v) is 16.6. The number of imidazole rings is 1. The van der Waals surface area contributed by atoms with Crippen LogP contribution in [0.5, 0.6) is 0 Å². The van der Waals surface area contributed by atoms with E-state index in [2.05, 4.69) is 26.7 Å². The summed E-state index contributed by atoms with van der Waals surface area (Å²) >= 11 is 0. The number of carbonyl (C=O) groups is 1. The zero-order valence-electron chi connectivity index (χ0n) is 16.6. The van der Waals surface area contributed by atoms with E-state index in [1.54, 1.807) is 12.5 Å². The summed E-state index contributed by atoms with van der Waals surface area (Å²) in [4.78, 5) is 18.8. The Morgan fingerprint density at radius 2 is 2.04 bits per heavy atom. The average molecular weight is 382 g/mol. The van der Waals surface area contributed by atoms with Gasteiger partial charge in [-0.15, -0.1) is 10.2 Å². The number of aromatic nitrogens is 5. The van der Waals surface area contributed by atoms with Crippen molar-refractivity contribution < 1.29 is 9.21 Å². The Morgan fingerprint density at radius 1 is 1.25 bits per heavy atom. The number of rotatable bonds is 5. The Labute approximate surface area is 164 Å². The molecule has 0 unspecified atom stereocenters. The number of amides is 1. The van der Waals surface area contributed by atoms with Crippen LogP contribution in [0.25, 0.3) is 0 Å². The molecule has 0 saturated carbocycles. The number of hydrogen-bond donors (Lipinski definition) is 0. The first-order valence-corrected chi connectivity index (χ1v) is 9.80. The lowest BCUT2D eigenvalue weighted by atomic mass is 9.95. The molecule has 0 bridgehead atoms. The van der Waals surface area contributed by atoms with E-state index >= 15 is 0 Å². The van der Waals surface area contributed by atoms with Gasteiger partial charge in [0.25, 0.3) is 5.91 Å². The third-order valence-electron chi connectivity index (χ3n) is 5.47. The van der Waals surface area contributed by atoms with Gasteiger partial charge in [0.05, 0.1) is 18.4 Å². The van der Waals surface area contributed by atoms with Crippen molar-refractivity contribution in [3.63, 3.8) is 0 Å². The molecule has 4 rings (SSSR count). The molecule has 0 aromatic carbocycles. The fourth-order valence-electron chi connectivity index (χ4n) is 4.01. The van der Waals surface area contributed by atoms with Gasteiger partial charge in [-0.25, -0.2) is 4.98 Å². The number of carbonyl (C=O) groups excluding carboxylic acids is 1. The molecule has 28 heavy (non-hydrogen) atoms. The van der Waals surface area contributed by atoms with Crippen LogP contribution >= 0.6 is 0 Å². The standard InChI is InChI=1S/C20H26N6O2/c1-4-26-18(12-24-10-7-21-13-24)22-23-19(26)16-5-8-25(9-6-16)20(27)17-11-14(2)28-15(17)3/h7,10-11,13,16H,4-6,8-9,12H2,1-3H3. The third kappa shape index (κ3) is 3.46. The largest absolute Gasteiger partial charge is 0.466 e. The minimum absolute atomic E-state index is 0.0607. The molecule has 0 atom stereocenters. The van der Waals surface area contributed by atoms with E-state index < -0.39 is 0 Å². The summed E-state index contributed by atoms with van der Waals surface area (Å²) < 4.78 is 9.71. The molecule has 1 aliphatic rings. The van der Waals surface area contributed by atoms with E-state index in [4.69, 9.17) is 4.42 Å². The molecule has 148 valence electrons. The first-order chi connectivity index (χ1) is 13.6. The molecule has 0 N–H and O–H groups in total. The van der Waals surface area contributed by atoms with Crippen molar-refractivity contribution in [2.45, 2.75) is 52.6 Å². The molecule has 1 amide bonds. The molecule has 1 aliphatic heterocycles. The Bertz CT molecular complexity index is 948. The number of hydrogen-bond acceptors (Lipinski definition) is 5. The highest BCUT2D eigenvalue weighted by Gasteiger charge is 2.29. The SMILES string of the molecule is CCn1c(Cn2ccnc2)nnc1C1CCN(C(=O)c2cc(C)oc2C)CC1. The maximum Gasteiger partial charge on any atom is 0.257 e. The van der Waals surface area contributed by atoms with E-state index in [0.29, 0.717) is 23.8 Å². The van der Waals surface area contributed by atoms with Gasteiger partial charge in [0, 0.05) is 37.9 Å². The first-order valence-electron chi connectivity index (χ1n) is 9.80. The van der Waals surface area contributed by atoms with E-state index in [9.17, 15) is 4.79 Å². The van der Waals surface area contributed by atoms with Crippen LogP contribution in [0.15, 0.2) is 29.2 Å². The van der Waals surface area contributed by atoms with Crippen LogP contribution < -0.4 is 0 Å². The van der Waals surface area contributed by atoms with Gasteiger partial charge >= 0.3 is 0 Å². The second kappa shape index (κ2) is 7.61. The summed E-state index contributed by atoms with van der Waals surface area (Å²) in [6.45, 7) is 8.78. The van der Waals surface area contributed by atoms with E-state index in [1.807, 2.05) is 35.6 Å². The normalized spacial score (nSPS) is 15.3. The predicted octanol–water partition coefficient (Wildman–Crippen LogP) is 2.77. The summed E-state index contributed by atoms with van der Waals surface area (Å²) in [6, 6.07) is 1.83. The molecular formula is C20H26N6O2. The van der Waals surface area contributed by atoms with Gasteiger partial charge in [-0.1, -0.05) is 0 Å². The summed E-state index contributed by atoms with van der Waals surface area (Å²) in [5, 5.41) is 8.92. The number of piperidine rings is 1. The monoisotopic (exact) mass is 382 g/mol. The molecule has 3 aromatic rings. The Morgan fingerprint density at radius 3 is 2.64 bits per heavy atom. The minimum atomic E-state index is 0.0607. The fourth-order valence-corrected chi connectivity index (χ4v) is 4.01. The molecule has 8 heteroatoms. The first kappa shape index (κ1) is 18.5. The summed E-state index contributed by atoms with van der Waals surface area (Å²) in [6.07, 6.45) is 7.27. The molecule has 3 aromatic heterocycles. The van der Waals surface area contributed by atoms with Gasteiger partial charge in [0.2, 0.25) is 0 Å². The van der Waals surface area contributed by atoms with Gasteiger partial charge in [0.1, 0.15) is 17.3 Å². The summed E-state index contributed by atoms with van der Waals surface area (Å²) in [7, 11) is 0. The molecule has 1 fully saturated rings. The van der Waals surface area contributed by atoms with Crippen molar-refractivity contribution >= 4 is 5.91 Å². The average Bonchev–Trinajstić information content (AvgIpc) is 3.42. The van der Waals surface area contributed by atoms with Gasteiger partial charge < -0.3 is 18.5 Å². The summed E-state index contributed by atoms with van der Waals surface area (Å²) in [5.74, 6) is 3.82.